The third-order valence-corrected chi connectivity index (χ3v) is 8.04. The zero-order chi connectivity index (χ0) is 26.5. The van der Waals surface area contributed by atoms with E-state index in [2.05, 4.69) is 4.90 Å². The number of rotatable bonds is 9. The Morgan fingerprint density at radius 2 is 1.84 bits per heavy atom. The quantitative estimate of drug-likeness (QED) is 0.507. The first-order valence-corrected chi connectivity index (χ1v) is 13.8. The highest BCUT2D eigenvalue weighted by atomic mass is 16.5. The number of amides is 2. The van der Waals surface area contributed by atoms with E-state index in [0.717, 1.165) is 68.0 Å². The first-order valence-electron chi connectivity index (χ1n) is 13.8. The van der Waals surface area contributed by atoms with Gasteiger partial charge in [-0.15, -0.1) is 0 Å². The molecule has 5 rings (SSSR count). The van der Waals surface area contributed by atoms with Crippen molar-refractivity contribution in [2.24, 2.45) is 18.1 Å². The minimum atomic E-state index is -0.235. The van der Waals surface area contributed by atoms with Crippen LogP contribution in [0.15, 0.2) is 47.7 Å². The Kier molecular flexibility index (Phi) is 8.44. The maximum Gasteiger partial charge on any atom is 0.262 e. The monoisotopic (exact) mass is 521 g/mol. The molecule has 2 aliphatic heterocycles. The molecule has 0 radical (unpaired) electrons. The fraction of sp³-hybridized carbons (Fsp3) is 0.552. The second-order valence-corrected chi connectivity index (χ2v) is 10.5. The molecule has 38 heavy (non-hydrogen) atoms. The lowest BCUT2D eigenvalue weighted by atomic mass is 10.0. The number of hydrogen-bond donors (Lipinski definition) is 0. The molecule has 1 saturated heterocycles. The number of ether oxygens (including phenoxy) is 2. The van der Waals surface area contributed by atoms with Crippen molar-refractivity contribution in [1.82, 2.24) is 19.4 Å². The molecule has 1 atom stereocenters. The van der Waals surface area contributed by atoms with Crippen molar-refractivity contribution in [2.75, 3.05) is 53.0 Å². The topological polar surface area (TPSA) is 79.6 Å². The van der Waals surface area contributed by atoms with Gasteiger partial charge >= 0.3 is 0 Å². The average molecular weight is 522 g/mol. The van der Waals surface area contributed by atoms with Gasteiger partial charge in [-0.2, -0.15) is 5.10 Å². The van der Waals surface area contributed by atoms with Crippen molar-refractivity contribution in [1.29, 1.82) is 0 Å². The van der Waals surface area contributed by atoms with Crippen molar-refractivity contribution in [3.05, 3.63) is 53.9 Å². The predicted molar refractivity (Wildman–Crippen MR) is 145 cm³/mol. The van der Waals surface area contributed by atoms with Gasteiger partial charge in [0.25, 0.3) is 5.91 Å². The van der Waals surface area contributed by atoms with Crippen LogP contribution < -0.4 is 4.74 Å². The second-order valence-electron chi connectivity index (χ2n) is 10.5. The smallest absolute Gasteiger partial charge is 0.262 e. The van der Waals surface area contributed by atoms with Crippen LogP contribution in [0.1, 0.15) is 49.4 Å². The van der Waals surface area contributed by atoms with Crippen molar-refractivity contribution in [3.8, 4) is 5.75 Å². The molecule has 0 N–H and O–H groups in total. The Morgan fingerprint density at radius 1 is 1.11 bits per heavy atom. The first-order chi connectivity index (χ1) is 18.5. The zero-order valence-corrected chi connectivity index (χ0v) is 22.6. The van der Waals surface area contributed by atoms with E-state index in [1.54, 1.807) is 17.0 Å². The van der Waals surface area contributed by atoms with Crippen molar-refractivity contribution < 1.29 is 19.1 Å². The van der Waals surface area contributed by atoms with Crippen LogP contribution >= 0.6 is 0 Å². The molecule has 0 bridgehead atoms. The number of hydrazone groups is 1. The number of nitrogens with zero attached hydrogens (tertiary/aromatic N) is 5. The van der Waals surface area contributed by atoms with Crippen LogP contribution in [0.5, 0.6) is 5.75 Å². The summed E-state index contributed by atoms with van der Waals surface area (Å²) in [7, 11) is 3.63. The van der Waals surface area contributed by atoms with Gasteiger partial charge in [0.05, 0.1) is 37.8 Å². The van der Waals surface area contributed by atoms with Gasteiger partial charge in [0, 0.05) is 51.8 Å². The Balaban J connectivity index is 1.37. The highest BCUT2D eigenvalue weighted by molar-refractivity contribution is 6.02. The number of methoxy groups -OCH3 is 1. The van der Waals surface area contributed by atoms with Gasteiger partial charge in [0.2, 0.25) is 5.91 Å². The van der Waals surface area contributed by atoms with Crippen LogP contribution in [-0.2, 0) is 21.4 Å². The number of aromatic nitrogens is 1. The van der Waals surface area contributed by atoms with Crippen LogP contribution in [0.25, 0.3) is 0 Å². The van der Waals surface area contributed by atoms with Crippen LogP contribution in [0, 0.1) is 5.92 Å². The summed E-state index contributed by atoms with van der Waals surface area (Å²) in [5, 5.41) is 6.44. The van der Waals surface area contributed by atoms with Crippen molar-refractivity contribution in [3.63, 3.8) is 0 Å². The van der Waals surface area contributed by atoms with Crippen molar-refractivity contribution >= 4 is 17.5 Å². The molecule has 3 heterocycles. The lowest BCUT2D eigenvalue weighted by Crippen LogP contribution is -2.47. The summed E-state index contributed by atoms with van der Waals surface area (Å²) in [6.07, 6.45) is 6.58. The number of benzene rings is 1. The van der Waals surface area contributed by atoms with E-state index in [1.807, 2.05) is 54.2 Å². The van der Waals surface area contributed by atoms with Gasteiger partial charge in [0.15, 0.2) is 0 Å². The molecule has 3 aliphatic rings. The van der Waals surface area contributed by atoms with Gasteiger partial charge < -0.3 is 18.9 Å². The molecule has 0 spiro atoms. The van der Waals surface area contributed by atoms with Gasteiger partial charge in [-0.05, 0) is 42.7 Å². The molecule has 1 saturated carbocycles. The minimum absolute atomic E-state index is 0.0193. The summed E-state index contributed by atoms with van der Waals surface area (Å²) in [5.74, 6) is 0.745. The Bertz CT molecular complexity index is 1130. The maximum absolute atomic E-state index is 13.9. The molecule has 204 valence electrons. The zero-order valence-electron chi connectivity index (χ0n) is 22.6. The van der Waals surface area contributed by atoms with Gasteiger partial charge in [-0.25, -0.2) is 5.01 Å². The number of morpholine rings is 1. The lowest BCUT2D eigenvalue weighted by molar-refractivity contribution is -0.144. The van der Waals surface area contributed by atoms with Gasteiger partial charge in [-0.3, -0.25) is 14.5 Å². The molecule has 2 aromatic rings. The Labute approximate surface area is 225 Å². The third-order valence-electron chi connectivity index (χ3n) is 8.04. The van der Waals surface area contributed by atoms with Crippen LogP contribution in [0.2, 0.25) is 0 Å². The SMILES string of the molecule is COc1ccc(C2CC(c3cccn3C)=NN2C(=O)CN(CCN2CCOCC2)C(=O)C2CCCC2)cc1. The third kappa shape index (κ3) is 5.94. The number of carbonyl (C=O) groups excluding carboxylic acids is 2. The average Bonchev–Trinajstić information content (AvgIpc) is 3.72. The molecule has 1 aromatic carbocycles. The van der Waals surface area contributed by atoms with Crippen molar-refractivity contribution in [2.45, 2.75) is 38.1 Å². The summed E-state index contributed by atoms with van der Waals surface area (Å²) in [5.41, 5.74) is 2.85. The Morgan fingerprint density at radius 3 is 2.50 bits per heavy atom. The normalized spacial score (nSPS) is 20.5. The van der Waals surface area contributed by atoms with E-state index >= 15 is 0 Å². The molecular weight excluding hydrogens is 482 g/mol. The largest absolute Gasteiger partial charge is 0.497 e. The highest BCUT2D eigenvalue weighted by Crippen LogP contribution is 2.34. The first kappa shape index (κ1) is 26.4. The standard InChI is InChI=1S/C29H39N5O4/c1-31-13-5-8-26(31)25-20-27(22-9-11-24(37-2)12-10-22)34(30-25)28(35)21-33(29(36)23-6-3-4-7-23)15-14-32-16-18-38-19-17-32/h5,8-13,23,27H,3-4,6-7,14-21H2,1-2H3. The predicted octanol–water partition coefficient (Wildman–Crippen LogP) is 3.06. The van der Waals surface area contributed by atoms with Crippen LogP contribution in [0.3, 0.4) is 0 Å². The molecule has 9 nitrogen and oxygen atoms in total. The molecule has 9 heteroatoms. The van der Waals surface area contributed by atoms with Crippen LogP contribution in [0.4, 0.5) is 0 Å². The minimum Gasteiger partial charge on any atom is -0.497 e. The summed E-state index contributed by atoms with van der Waals surface area (Å²) in [6, 6.07) is 11.6. The summed E-state index contributed by atoms with van der Waals surface area (Å²) < 4.78 is 12.8. The molecule has 1 unspecified atom stereocenters. The van der Waals surface area contributed by atoms with E-state index in [4.69, 9.17) is 14.6 Å². The second kappa shape index (κ2) is 12.1. The van der Waals surface area contributed by atoms with Gasteiger partial charge in [-0.1, -0.05) is 25.0 Å². The lowest BCUT2D eigenvalue weighted by Gasteiger charge is -2.32. The number of hydrogen-bond acceptors (Lipinski definition) is 6. The Hall–Kier alpha value is -3.17. The molecule has 2 fully saturated rings. The molecule has 2 amide bonds. The van der Waals surface area contributed by atoms with E-state index < -0.39 is 0 Å². The van der Waals surface area contributed by atoms with E-state index in [9.17, 15) is 9.59 Å². The van der Waals surface area contributed by atoms with Gasteiger partial charge in [0.1, 0.15) is 12.3 Å². The highest BCUT2D eigenvalue weighted by Gasteiger charge is 2.36. The molecule has 1 aliphatic carbocycles. The van der Waals surface area contributed by atoms with E-state index in [0.29, 0.717) is 26.2 Å². The van der Waals surface area contributed by atoms with E-state index in [-0.39, 0.29) is 30.3 Å². The molecular formula is C29H39N5O4. The van der Waals surface area contributed by atoms with E-state index in [1.165, 1.54) is 0 Å². The number of carbonyl (C=O) groups is 2. The fourth-order valence-electron chi connectivity index (χ4n) is 5.76. The fourth-order valence-corrected chi connectivity index (χ4v) is 5.76. The van der Waals surface area contributed by atoms with Crippen LogP contribution in [-0.4, -0.2) is 89.9 Å². The summed E-state index contributed by atoms with van der Waals surface area (Å²) in [4.78, 5) is 31.5. The summed E-state index contributed by atoms with van der Waals surface area (Å²) >= 11 is 0. The molecule has 1 aromatic heterocycles. The maximum atomic E-state index is 13.9. The number of aryl methyl sites for hydroxylation is 1. The summed E-state index contributed by atoms with van der Waals surface area (Å²) in [6.45, 7) is 4.46.